The minimum Gasteiger partial charge on any atom is -0.381 e. The van der Waals surface area contributed by atoms with Crippen molar-refractivity contribution in [2.45, 2.75) is 44.4 Å². The molecule has 6 nitrogen and oxygen atoms in total. The first-order chi connectivity index (χ1) is 9.76. The van der Waals surface area contributed by atoms with E-state index in [0.717, 1.165) is 50.1 Å². The Kier molecular flexibility index (Phi) is 6.12. The third-order valence-electron chi connectivity index (χ3n) is 3.56. The number of aromatic amines is 1. The van der Waals surface area contributed by atoms with Crippen LogP contribution in [0.4, 0.5) is 0 Å². The fourth-order valence-corrected chi connectivity index (χ4v) is 3.65. The number of hydrogen-bond acceptors (Lipinski definition) is 5. The Bertz CT molecular complexity index is 453. The second-order valence-corrected chi connectivity index (χ2v) is 6.05. The van der Waals surface area contributed by atoms with Crippen LogP contribution >= 0.6 is 11.8 Å². The average Bonchev–Trinajstić information content (AvgIpc) is 3.07. The number of thioether (sulfide) groups is 1. The monoisotopic (exact) mass is 300 g/mol. The second-order valence-electron chi connectivity index (χ2n) is 5.06. The van der Waals surface area contributed by atoms with Gasteiger partial charge >= 0.3 is 5.69 Å². The van der Waals surface area contributed by atoms with Gasteiger partial charge in [0.1, 0.15) is 0 Å². The first-order valence-corrected chi connectivity index (χ1v) is 8.34. The Morgan fingerprint density at radius 1 is 1.60 bits per heavy atom. The van der Waals surface area contributed by atoms with Gasteiger partial charge in [-0.25, -0.2) is 9.89 Å². The summed E-state index contributed by atoms with van der Waals surface area (Å²) in [6.45, 7) is 7.54. The van der Waals surface area contributed by atoms with E-state index in [9.17, 15) is 4.79 Å². The molecule has 2 rings (SSSR count). The Morgan fingerprint density at radius 2 is 2.45 bits per heavy atom. The zero-order valence-electron chi connectivity index (χ0n) is 12.2. The SMILES string of the molecule is CCCn1c(SCC(NCC)C2CCOC2)n[nH]c1=O. The molecule has 1 saturated heterocycles. The lowest BCUT2D eigenvalue weighted by molar-refractivity contribution is 0.179. The molecule has 114 valence electrons. The van der Waals surface area contributed by atoms with Crippen molar-refractivity contribution in [3.8, 4) is 0 Å². The van der Waals surface area contributed by atoms with Gasteiger partial charge in [0, 0.05) is 30.9 Å². The van der Waals surface area contributed by atoms with E-state index in [1.165, 1.54) is 0 Å². The van der Waals surface area contributed by atoms with Crippen LogP contribution in [0.1, 0.15) is 26.7 Å². The largest absolute Gasteiger partial charge is 0.381 e. The van der Waals surface area contributed by atoms with Crippen LogP contribution in [0.15, 0.2) is 9.95 Å². The molecule has 1 fully saturated rings. The molecule has 0 saturated carbocycles. The Hall–Kier alpha value is -0.790. The summed E-state index contributed by atoms with van der Waals surface area (Å²) < 4.78 is 7.20. The first-order valence-electron chi connectivity index (χ1n) is 7.35. The van der Waals surface area contributed by atoms with E-state index in [4.69, 9.17) is 4.74 Å². The predicted molar refractivity (Wildman–Crippen MR) is 80.3 cm³/mol. The van der Waals surface area contributed by atoms with Gasteiger partial charge in [-0.2, -0.15) is 0 Å². The van der Waals surface area contributed by atoms with Crippen LogP contribution in [0, 0.1) is 5.92 Å². The summed E-state index contributed by atoms with van der Waals surface area (Å²) in [5.74, 6) is 1.48. The van der Waals surface area contributed by atoms with Crippen molar-refractivity contribution in [1.82, 2.24) is 20.1 Å². The molecule has 7 heteroatoms. The highest BCUT2D eigenvalue weighted by Gasteiger charge is 2.25. The topological polar surface area (TPSA) is 71.9 Å². The molecule has 1 aliphatic rings. The van der Waals surface area contributed by atoms with Crippen molar-refractivity contribution in [2.75, 3.05) is 25.5 Å². The van der Waals surface area contributed by atoms with Crippen LogP contribution in [-0.2, 0) is 11.3 Å². The van der Waals surface area contributed by atoms with Crippen LogP contribution in [0.25, 0.3) is 0 Å². The average molecular weight is 300 g/mol. The minimum atomic E-state index is -0.112. The van der Waals surface area contributed by atoms with E-state index >= 15 is 0 Å². The summed E-state index contributed by atoms with van der Waals surface area (Å²) in [7, 11) is 0. The Morgan fingerprint density at radius 3 is 3.10 bits per heavy atom. The maximum absolute atomic E-state index is 11.7. The van der Waals surface area contributed by atoms with Crippen molar-refractivity contribution in [3.05, 3.63) is 10.5 Å². The van der Waals surface area contributed by atoms with Crippen molar-refractivity contribution in [1.29, 1.82) is 0 Å². The van der Waals surface area contributed by atoms with Gasteiger partial charge in [0.15, 0.2) is 5.16 Å². The van der Waals surface area contributed by atoms with E-state index in [2.05, 4.69) is 29.4 Å². The molecule has 1 aliphatic heterocycles. The van der Waals surface area contributed by atoms with Crippen LogP contribution in [0.3, 0.4) is 0 Å². The zero-order chi connectivity index (χ0) is 14.4. The number of aromatic nitrogens is 3. The summed E-state index contributed by atoms with van der Waals surface area (Å²) in [4.78, 5) is 11.7. The van der Waals surface area contributed by atoms with E-state index in [0.29, 0.717) is 12.0 Å². The van der Waals surface area contributed by atoms with Crippen molar-refractivity contribution >= 4 is 11.8 Å². The Labute approximate surface area is 123 Å². The van der Waals surface area contributed by atoms with E-state index in [1.807, 2.05) is 0 Å². The fourth-order valence-electron chi connectivity index (χ4n) is 2.49. The second kappa shape index (κ2) is 7.85. The van der Waals surface area contributed by atoms with Gasteiger partial charge < -0.3 is 10.1 Å². The lowest BCUT2D eigenvalue weighted by atomic mass is 10.0. The van der Waals surface area contributed by atoms with Gasteiger partial charge in [0.2, 0.25) is 0 Å². The standard InChI is InChI=1S/C13H24N4O2S/c1-3-6-17-12(18)15-16-13(17)20-9-11(14-4-2)10-5-7-19-8-10/h10-11,14H,3-9H2,1-2H3,(H,15,18). The molecule has 1 aromatic heterocycles. The molecule has 2 atom stereocenters. The lowest BCUT2D eigenvalue weighted by Gasteiger charge is -2.22. The summed E-state index contributed by atoms with van der Waals surface area (Å²) in [5, 5.41) is 11.0. The van der Waals surface area contributed by atoms with E-state index in [-0.39, 0.29) is 5.69 Å². The molecule has 0 aromatic carbocycles. The number of nitrogens with zero attached hydrogens (tertiary/aromatic N) is 2. The number of hydrogen-bond donors (Lipinski definition) is 2. The van der Waals surface area contributed by atoms with Crippen molar-refractivity contribution in [3.63, 3.8) is 0 Å². The van der Waals surface area contributed by atoms with Crippen LogP contribution in [0.2, 0.25) is 0 Å². The normalized spacial score (nSPS) is 20.4. The third kappa shape index (κ3) is 3.86. The number of H-pyrrole nitrogens is 1. The molecule has 0 bridgehead atoms. The Balaban J connectivity index is 1.96. The minimum absolute atomic E-state index is 0.112. The third-order valence-corrected chi connectivity index (χ3v) is 4.66. The highest BCUT2D eigenvalue weighted by Crippen LogP contribution is 2.23. The van der Waals surface area contributed by atoms with Gasteiger partial charge in [-0.1, -0.05) is 25.6 Å². The maximum atomic E-state index is 11.7. The van der Waals surface area contributed by atoms with Crippen LogP contribution < -0.4 is 11.0 Å². The van der Waals surface area contributed by atoms with Crippen molar-refractivity contribution in [2.24, 2.45) is 5.92 Å². The van der Waals surface area contributed by atoms with E-state index in [1.54, 1.807) is 16.3 Å². The predicted octanol–water partition coefficient (Wildman–Crippen LogP) is 1.09. The number of ether oxygens (including phenoxy) is 1. The molecule has 2 heterocycles. The fraction of sp³-hybridized carbons (Fsp3) is 0.846. The first kappa shape index (κ1) is 15.6. The van der Waals surface area contributed by atoms with Gasteiger partial charge in [-0.05, 0) is 19.4 Å². The highest BCUT2D eigenvalue weighted by atomic mass is 32.2. The highest BCUT2D eigenvalue weighted by molar-refractivity contribution is 7.99. The number of nitrogens with one attached hydrogen (secondary N) is 2. The molecule has 0 radical (unpaired) electrons. The van der Waals surface area contributed by atoms with Gasteiger partial charge in [-0.15, -0.1) is 5.10 Å². The van der Waals surface area contributed by atoms with Crippen LogP contribution in [-0.4, -0.2) is 46.3 Å². The molecule has 2 unspecified atom stereocenters. The summed E-state index contributed by atoms with van der Waals surface area (Å²) in [6, 6.07) is 0.411. The molecular weight excluding hydrogens is 276 g/mol. The zero-order valence-corrected chi connectivity index (χ0v) is 13.0. The number of rotatable bonds is 8. The summed E-state index contributed by atoms with van der Waals surface area (Å²) in [5.41, 5.74) is -0.112. The van der Waals surface area contributed by atoms with Crippen LogP contribution in [0.5, 0.6) is 0 Å². The van der Waals surface area contributed by atoms with Gasteiger partial charge in [-0.3, -0.25) is 4.57 Å². The quantitative estimate of drug-likeness (QED) is 0.703. The van der Waals surface area contributed by atoms with E-state index < -0.39 is 0 Å². The van der Waals surface area contributed by atoms with Gasteiger partial charge in [0.05, 0.1) is 6.61 Å². The summed E-state index contributed by atoms with van der Waals surface area (Å²) in [6.07, 6.45) is 2.04. The molecule has 2 N–H and O–H groups in total. The summed E-state index contributed by atoms with van der Waals surface area (Å²) >= 11 is 1.65. The smallest absolute Gasteiger partial charge is 0.343 e. The molecule has 1 aromatic rings. The molecular formula is C13H24N4O2S. The molecule has 0 amide bonds. The van der Waals surface area contributed by atoms with Gasteiger partial charge in [0.25, 0.3) is 0 Å². The van der Waals surface area contributed by atoms with Crippen molar-refractivity contribution < 1.29 is 4.74 Å². The molecule has 0 spiro atoms. The maximum Gasteiger partial charge on any atom is 0.343 e. The molecule has 20 heavy (non-hydrogen) atoms. The lowest BCUT2D eigenvalue weighted by Crippen LogP contribution is -2.38. The molecule has 0 aliphatic carbocycles.